The van der Waals surface area contributed by atoms with Gasteiger partial charge >= 0.3 is 12.3 Å². The van der Waals surface area contributed by atoms with Gasteiger partial charge in [0.15, 0.2) is 5.69 Å². The lowest BCUT2D eigenvalue weighted by molar-refractivity contribution is -0.141. The molecule has 2 saturated heterocycles. The average molecular weight is 526 g/mol. The van der Waals surface area contributed by atoms with Crippen molar-refractivity contribution < 1.29 is 27.5 Å². The Morgan fingerprint density at radius 3 is 2.38 bits per heavy atom. The number of aliphatic imine (C=N–C) groups is 1. The van der Waals surface area contributed by atoms with Crippen molar-refractivity contribution in [1.29, 1.82) is 0 Å². The van der Waals surface area contributed by atoms with Crippen LogP contribution in [0.4, 0.5) is 23.9 Å². The van der Waals surface area contributed by atoms with Crippen molar-refractivity contribution in [2.75, 3.05) is 37.6 Å². The number of carbonyl (C=O) groups is 2. The predicted octanol–water partition coefficient (Wildman–Crippen LogP) is 2.93. The minimum absolute atomic E-state index is 0.0240. The molecule has 13 heteroatoms. The first-order chi connectivity index (χ1) is 17.2. The van der Waals surface area contributed by atoms with Crippen LogP contribution in [-0.2, 0) is 15.7 Å². The molecule has 0 aliphatic carbocycles. The van der Waals surface area contributed by atoms with Gasteiger partial charge in [-0.1, -0.05) is 0 Å². The number of alkyl halides is 3. The van der Waals surface area contributed by atoms with Gasteiger partial charge < -0.3 is 25.2 Å². The van der Waals surface area contributed by atoms with Crippen LogP contribution in [0.5, 0.6) is 0 Å². The summed E-state index contributed by atoms with van der Waals surface area (Å²) in [4.78, 5) is 42.0. The summed E-state index contributed by atoms with van der Waals surface area (Å²) in [7, 11) is 0. The lowest BCUT2D eigenvalue weighted by Crippen LogP contribution is -2.56. The fourth-order valence-electron chi connectivity index (χ4n) is 4.00. The molecule has 3 rings (SSSR count). The second-order valence-electron chi connectivity index (χ2n) is 10.2. The van der Waals surface area contributed by atoms with Crippen molar-refractivity contribution in [3.63, 3.8) is 0 Å². The maximum absolute atomic E-state index is 13.5. The summed E-state index contributed by atoms with van der Waals surface area (Å²) in [5.74, 6) is -0.304. The van der Waals surface area contributed by atoms with Gasteiger partial charge in [-0.25, -0.2) is 14.8 Å². The summed E-state index contributed by atoms with van der Waals surface area (Å²) in [6.45, 7) is 10.3. The highest BCUT2D eigenvalue weighted by molar-refractivity contribution is 6.09. The monoisotopic (exact) mass is 525 g/mol. The van der Waals surface area contributed by atoms with Crippen LogP contribution in [0, 0.1) is 0 Å². The van der Waals surface area contributed by atoms with Gasteiger partial charge in [-0.15, -0.1) is 0 Å². The maximum Gasteiger partial charge on any atom is 0.433 e. The van der Waals surface area contributed by atoms with Crippen molar-refractivity contribution in [1.82, 2.24) is 19.8 Å². The fourth-order valence-corrected chi connectivity index (χ4v) is 4.00. The Morgan fingerprint density at radius 2 is 1.86 bits per heavy atom. The van der Waals surface area contributed by atoms with E-state index in [1.165, 1.54) is 6.21 Å². The molecule has 2 fully saturated rings. The number of nitrogens with two attached hydrogens (primary N) is 1. The summed E-state index contributed by atoms with van der Waals surface area (Å²) < 4.78 is 45.8. The molecule has 2 aliphatic rings. The third kappa shape index (κ3) is 7.10. The summed E-state index contributed by atoms with van der Waals surface area (Å²) in [5.41, 5.74) is 4.09. The molecule has 1 aromatic rings. The molecule has 37 heavy (non-hydrogen) atoms. The van der Waals surface area contributed by atoms with Gasteiger partial charge in [-0.3, -0.25) is 9.79 Å². The Hall–Kier alpha value is -3.38. The van der Waals surface area contributed by atoms with Crippen LogP contribution in [-0.4, -0.2) is 88.4 Å². The van der Waals surface area contributed by atoms with Crippen LogP contribution >= 0.6 is 0 Å². The van der Waals surface area contributed by atoms with Crippen LogP contribution in [0.1, 0.15) is 52.4 Å². The number of piperazine rings is 1. The van der Waals surface area contributed by atoms with E-state index in [1.807, 2.05) is 13.8 Å². The number of rotatable bonds is 5. The molecule has 0 spiro atoms. The molecule has 0 saturated carbocycles. The zero-order valence-corrected chi connectivity index (χ0v) is 21.7. The summed E-state index contributed by atoms with van der Waals surface area (Å²) in [6, 6.07) is 0.592. The molecule has 2 atom stereocenters. The summed E-state index contributed by atoms with van der Waals surface area (Å²) in [6.07, 6.45) is -1.92. The van der Waals surface area contributed by atoms with Gasteiger partial charge in [0.2, 0.25) is 11.9 Å². The van der Waals surface area contributed by atoms with E-state index in [0.717, 1.165) is 18.7 Å². The zero-order chi connectivity index (χ0) is 27.5. The Balaban J connectivity index is 1.67. The standard InChI is InChI=1S/C24H34F3N7O3/c1-15-6-7-34(15)21-30-18(10-19(31-21)24(25,26)27)17(11-28)12-29-13-20(35)33-9-8-32(14-16(33)2)22(36)37-23(3,4)5/h10-12,15-16H,6-9,13-14,28H2,1-5H3/t15-,16-/m0/s1. The van der Waals surface area contributed by atoms with E-state index >= 15 is 0 Å². The maximum atomic E-state index is 13.5. The van der Waals surface area contributed by atoms with E-state index in [0.29, 0.717) is 26.2 Å². The van der Waals surface area contributed by atoms with E-state index in [-0.39, 0.29) is 41.8 Å². The van der Waals surface area contributed by atoms with E-state index < -0.39 is 23.6 Å². The Morgan fingerprint density at radius 1 is 1.16 bits per heavy atom. The number of amides is 2. The SMILES string of the molecule is C[C@H]1CN(C(=O)OC(C)(C)C)CCN1C(=O)CN=CC(=CN)c1cc(C(F)(F)F)nc(N2CC[C@@H]2C)n1. The van der Waals surface area contributed by atoms with Gasteiger partial charge in [-0.05, 0) is 47.1 Å². The quantitative estimate of drug-likeness (QED) is 0.588. The molecule has 0 unspecified atom stereocenters. The second-order valence-corrected chi connectivity index (χ2v) is 10.2. The Labute approximate surface area is 214 Å². The van der Waals surface area contributed by atoms with Gasteiger partial charge in [-0.2, -0.15) is 13.2 Å². The predicted molar refractivity (Wildman–Crippen MR) is 133 cm³/mol. The normalized spacial score (nSPS) is 21.3. The fraction of sp³-hybridized carbons (Fsp3) is 0.625. The van der Waals surface area contributed by atoms with Crippen molar-refractivity contribution in [2.45, 2.75) is 64.9 Å². The first-order valence-electron chi connectivity index (χ1n) is 12.1. The lowest BCUT2D eigenvalue weighted by atomic mass is 10.1. The molecule has 204 valence electrons. The highest BCUT2D eigenvalue weighted by Crippen LogP contribution is 2.32. The highest BCUT2D eigenvalue weighted by Gasteiger charge is 2.36. The van der Waals surface area contributed by atoms with E-state index in [1.54, 1.807) is 35.5 Å². The number of hydrogen-bond acceptors (Lipinski definition) is 8. The van der Waals surface area contributed by atoms with Crippen molar-refractivity contribution in [3.05, 3.63) is 23.7 Å². The number of allylic oxidation sites excluding steroid dienone is 1. The molecular weight excluding hydrogens is 491 g/mol. The molecule has 1 aromatic heterocycles. The first kappa shape index (κ1) is 28.2. The van der Waals surface area contributed by atoms with Gasteiger partial charge in [0.1, 0.15) is 12.1 Å². The molecule has 0 bridgehead atoms. The van der Waals surface area contributed by atoms with Crippen LogP contribution in [0.15, 0.2) is 17.3 Å². The van der Waals surface area contributed by atoms with Crippen LogP contribution in [0.25, 0.3) is 5.57 Å². The lowest BCUT2D eigenvalue weighted by Gasteiger charge is -2.40. The van der Waals surface area contributed by atoms with E-state index in [9.17, 15) is 22.8 Å². The van der Waals surface area contributed by atoms with Gasteiger partial charge in [0, 0.05) is 56.3 Å². The molecule has 2 amide bonds. The molecular formula is C24H34F3N7O3. The smallest absolute Gasteiger partial charge is 0.433 e. The highest BCUT2D eigenvalue weighted by atomic mass is 19.4. The third-order valence-electron chi connectivity index (χ3n) is 6.11. The number of hydrogen-bond donors (Lipinski definition) is 1. The number of ether oxygens (including phenoxy) is 1. The van der Waals surface area contributed by atoms with Gasteiger partial charge in [0.25, 0.3) is 0 Å². The minimum atomic E-state index is -4.66. The molecule has 10 nitrogen and oxygen atoms in total. The van der Waals surface area contributed by atoms with Crippen LogP contribution in [0.2, 0.25) is 0 Å². The van der Waals surface area contributed by atoms with Crippen molar-refractivity contribution in [3.8, 4) is 0 Å². The van der Waals surface area contributed by atoms with Crippen molar-refractivity contribution >= 4 is 29.7 Å². The third-order valence-corrected chi connectivity index (χ3v) is 6.11. The van der Waals surface area contributed by atoms with E-state index in [2.05, 4.69) is 15.0 Å². The number of halogens is 3. The van der Waals surface area contributed by atoms with E-state index in [4.69, 9.17) is 10.5 Å². The summed E-state index contributed by atoms with van der Waals surface area (Å²) >= 11 is 0. The Kier molecular flexibility index (Phi) is 8.33. The number of nitrogens with zero attached hydrogens (tertiary/aromatic N) is 6. The molecule has 2 aliphatic heterocycles. The largest absolute Gasteiger partial charge is 0.444 e. The second kappa shape index (κ2) is 10.9. The molecule has 0 aromatic carbocycles. The van der Waals surface area contributed by atoms with Gasteiger partial charge in [0.05, 0.1) is 5.69 Å². The van der Waals surface area contributed by atoms with Crippen LogP contribution in [0.3, 0.4) is 0 Å². The topological polar surface area (TPSA) is 117 Å². The first-order valence-corrected chi connectivity index (χ1v) is 12.1. The van der Waals surface area contributed by atoms with Crippen molar-refractivity contribution in [2.24, 2.45) is 10.7 Å². The van der Waals surface area contributed by atoms with Crippen LogP contribution < -0.4 is 10.6 Å². The molecule has 0 radical (unpaired) electrons. The zero-order valence-electron chi connectivity index (χ0n) is 21.7. The molecule has 3 heterocycles. The minimum Gasteiger partial charge on any atom is -0.444 e. The number of anilines is 1. The average Bonchev–Trinajstić information content (AvgIpc) is 2.78. The number of aromatic nitrogens is 2. The summed E-state index contributed by atoms with van der Waals surface area (Å²) in [5, 5.41) is 0. The number of carbonyl (C=O) groups excluding carboxylic acids is 2. The molecule has 2 N–H and O–H groups in total. The Bertz CT molecular complexity index is 1070.